The first-order valence-electron chi connectivity index (χ1n) is 24.7. The molecule has 0 aliphatic heterocycles. The third-order valence-electron chi connectivity index (χ3n) is 13.5. The lowest BCUT2D eigenvalue weighted by molar-refractivity contribution is -0.211. The van der Waals surface area contributed by atoms with Crippen LogP contribution < -0.4 is 9.47 Å². The van der Waals surface area contributed by atoms with E-state index in [0.29, 0.717) is 49.4 Å². The molecule has 0 bridgehead atoms. The normalized spacial score (nSPS) is 20.9. The molecule has 4 rings (SSSR count). The lowest BCUT2D eigenvalue weighted by Gasteiger charge is -2.43. The van der Waals surface area contributed by atoms with Crippen LogP contribution in [0.25, 0.3) is 0 Å². The van der Waals surface area contributed by atoms with Crippen molar-refractivity contribution in [1.82, 2.24) is 0 Å². The number of carbonyl (C=O) groups is 4. The minimum absolute atomic E-state index is 0.00237. The van der Waals surface area contributed by atoms with Crippen molar-refractivity contribution < 1.29 is 48.3 Å². The highest BCUT2D eigenvalue weighted by molar-refractivity contribution is 5.99. The average Bonchev–Trinajstić information content (AvgIpc) is 3.30. The minimum atomic E-state index is -2.75. The van der Waals surface area contributed by atoms with Gasteiger partial charge in [-0.25, -0.2) is 19.2 Å². The molecule has 2 N–H and O–H groups in total. The molecule has 0 unspecified atom stereocenters. The second-order valence-electron chi connectivity index (χ2n) is 18.3. The van der Waals surface area contributed by atoms with Gasteiger partial charge in [-0.15, -0.1) is 0 Å². The van der Waals surface area contributed by atoms with Crippen molar-refractivity contribution in [2.24, 2.45) is 23.7 Å². The molecule has 2 atom stereocenters. The summed E-state index contributed by atoms with van der Waals surface area (Å²) >= 11 is 0. The van der Waals surface area contributed by atoms with Gasteiger partial charge in [0.1, 0.15) is 24.7 Å². The zero-order valence-electron chi connectivity index (χ0n) is 39.4. The molecule has 2 fully saturated rings. The van der Waals surface area contributed by atoms with Crippen LogP contribution >= 0.6 is 0 Å². The van der Waals surface area contributed by atoms with Gasteiger partial charge in [0.2, 0.25) is 0 Å². The number of allylic oxidation sites excluding steroid dienone is 2. The molecule has 2 saturated carbocycles. The van der Waals surface area contributed by atoms with Crippen molar-refractivity contribution >= 4 is 23.9 Å². The predicted octanol–water partition coefficient (Wildman–Crippen LogP) is 13.4. The smallest absolute Gasteiger partial charge is 0.353 e. The SMILES string of the molecule is CCCCC[C@H]1CC[C@H](C=CCOc2ccc(C(=O)O[C@@](CCCC)(C(=O)O)[C@@](CCCC)(OC(=O)c3ccc(OCC=C[C@H]4CC[C@H](CCCCC)CC4)cc3)C(=O)O)cc2)CC1. The Labute approximate surface area is 383 Å². The summed E-state index contributed by atoms with van der Waals surface area (Å²) < 4.78 is 23.5. The van der Waals surface area contributed by atoms with Crippen LogP contribution in [-0.4, -0.2) is 58.5 Å². The summed E-state index contributed by atoms with van der Waals surface area (Å²) in [6.45, 7) is 8.82. The number of carbonyl (C=O) groups excluding carboxylic acids is 2. The Balaban J connectivity index is 1.41. The third kappa shape index (κ3) is 15.5. The zero-order chi connectivity index (χ0) is 46.2. The molecule has 0 spiro atoms. The summed E-state index contributed by atoms with van der Waals surface area (Å²) in [4.78, 5) is 54.7. The number of ether oxygens (including phenoxy) is 4. The van der Waals surface area contributed by atoms with E-state index in [1.165, 1.54) is 127 Å². The molecule has 0 radical (unpaired) electrons. The molecular formula is C54H78O10. The Kier molecular flexibility index (Phi) is 22.5. The molecule has 10 nitrogen and oxygen atoms in total. The van der Waals surface area contributed by atoms with Gasteiger partial charge in [-0.3, -0.25) is 0 Å². The van der Waals surface area contributed by atoms with Gasteiger partial charge in [0.05, 0.1) is 11.1 Å². The van der Waals surface area contributed by atoms with E-state index in [-0.39, 0.29) is 24.0 Å². The van der Waals surface area contributed by atoms with E-state index in [0.717, 1.165) is 11.8 Å². The second kappa shape index (κ2) is 27.7. The Morgan fingerprint density at radius 2 is 0.859 bits per heavy atom. The van der Waals surface area contributed by atoms with Crippen LogP contribution in [0.1, 0.15) is 190 Å². The standard InChI is InChI=1S/C54H78O10/c1-5-9-13-17-41-21-25-43(26-22-41)19-15-39-61-47-33-29-45(30-34-47)49(55)63-53(51(57)58,37-11-7-3)54(52(59)60,38-12-8-4)64-50(56)46-31-35-48(36-32-46)62-40-16-20-44-27-23-42(24-28-44)18-14-10-6-2/h15-16,19-20,29-36,41-44H,5-14,17-18,21-28,37-40H2,1-4H3,(H,57,58)(H,59,60)/t41-,42-,43-,44-,53-,54-/m0/s1. The van der Waals surface area contributed by atoms with E-state index in [4.69, 9.17) is 18.9 Å². The molecule has 2 aromatic carbocycles. The van der Waals surface area contributed by atoms with Crippen molar-refractivity contribution in [2.75, 3.05) is 13.2 Å². The first kappa shape index (κ1) is 52.0. The van der Waals surface area contributed by atoms with Gasteiger partial charge < -0.3 is 29.2 Å². The first-order valence-corrected chi connectivity index (χ1v) is 24.7. The van der Waals surface area contributed by atoms with Crippen LogP contribution in [0.4, 0.5) is 0 Å². The minimum Gasteiger partial charge on any atom is -0.490 e. The molecule has 2 aromatic rings. The van der Waals surface area contributed by atoms with Crippen molar-refractivity contribution in [1.29, 1.82) is 0 Å². The molecule has 0 amide bonds. The number of carboxylic acid groups (broad SMARTS) is 2. The number of hydrogen-bond donors (Lipinski definition) is 2. The molecule has 64 heavy (non-hydrogen) atoms. The molecule has 0 heterocycles. The van der Waals surface area contributed by atoms with Crippen molar-refractivity contribution in [3.05, 3.63) is 84.0 Å². The predicted molar refractivity (Wildman–Crippen MR) is 252 cm³/mol. The summed E-state index contributed by atoms with van der Waals surface area (Å²) in [7, 11) is 0. The van der Waals surface area contributed by atoms with Crippen LogP contribution in [0.3, 0.4) is 0 Å². The van der Waals surface area contributed by atoms with Crippen LogP contribution in [-0.2, 0) is 19.1 Å². The largest absolute Gasteiger partial charge is 0.490 e. The van der Waals surface area contributed by atoms with Crippen molar-refractivity contribution in [2.45, 2.75) is 180 Å². The van der Waals surface area contributed by atoms with E-state index in [2.05, 4.69) is 26.0 Å². The van der Waals surface area contributed by atoms with Gasteiger partial charge >= 0.3 is 23.9 Å². The molecule has 2 aliphatic carbocycles. The number of aliphatic carboxylic acids is 2. The highest BCUT2D eigenvalue weighted by Crippen LogP contribution is 2.42. The zero-order valence-corrected chi connectivity index (χ0v) is 39.4. The monoisotopic (exact) mass is 887 g/mol. The van der Waals surface area contributed by atoms with E-state index in [1.54, 1.807) is 24.3 Å². The quantitative estimate of drug-likeness (QED) is 0.0460. The highest BCUT2D eigenvalue weighted by Gasteiger charge is 2.67. The first-order chi connectivity index (χ1) is 31.0. The van der Waals surface area contributed by atoms with E-state index in [9.17, 15) is 29.4 Å². The maximum atomic E-state index is 13.9. The molecule has 10 heteroatoms. The lowest BCUT2D eigenvalue weighted by Crippen LogP contribution is -2.67. The highest BCUT2D eigenvalue weighted by atomic mass is 16.6. The van der Waals surface area contributed by atoms with Crippen molar-refractivity contribution in [3.63, 3.8) is 0 Å². The Hall–Kier alpha value is -4.60. The van der Waals surface area contributed by atoms with E-state index < -0.39 is 47.9 Å². The number of rotatable bonds is 29. The maximum Gasteiger partial charge on any atom is 0.353 e. The van der Waals surface area contributed by atoms with Crippen LogP contribution in [0, 0.1) is 23.7 Å². The van der Waals surface area contributed by atoms with Crippen LogP contribution in [0.2, 0.25) is 0 Å². The van der Waals surface area contributed by atoms with Gasteiger partial charge in [-0.2, -0.15) is 0 Å². The second-order valence-corrected chi connectivity index (χ2v) is 18.3. The topological polar surface area (TPSA) is 146 Å². The molecule has 0 saturated heterocycles. The number of esters is 2. The van der Waals surface area contributed by atoms with Crippen molar-refractivity contribution in [3.8, 4) is 11.5 Å². The summed E-state index contributed by atoms with van der Waals surface area (Å²) in [6, 6.07) is 12.2. The molecular weight excluding hydrogens is 809 g/mol. The molecule has 2 aliphatic rings. The van der Waals surface area contributed by atoms with Crippen LogP contribution in [0.5, 0.6) is 11.5 Å². The van der Waals surface area contributed by atoms with Gasteiger partial charge in [0.15, 0.2) is 0 Å². The lowest BCUT2D eigenvalue weighted by atomic mass is 9.75. The Morgan fingerprint density at radius 1 is 0.516 bits per heavy atom. The van der Waals surface area contributed by atoms with Crippen LogP contribution in [0.15, 0.2) is 72.8 Å². The number of benzene rings is 2. The summed E-state index contributed by atoms with van der Waals surface area (Å²) in [6.07, 6.45) is 29.4. The van der Waals surface area contributed by atoms with E-state index >= 15 is 0 Å². The number of unbranched alkanes of at least 4 members (excludes halogenated alkanes) is 6. The fourth-order valence-electron chi connectivity index (χ4n) is 9.47. The van der Waals surface area contributed by atoms with Gasteiger partial charge in [-0.05, 0) is 136 Å². The number of carboxylic acids is 2. The maximum absolute atomic E-state index is 13.9. The third-order valence-corrected chi connectivity index (χ3v) is 13.5. The summed E-state index contributed by atoms with van der Waals surface area (Å²) in [5.74, 6) is -1.73. The fourth-order valence-corrected chi connectivity index (χ4v) is 9.47. The Morgan fingerprint density at radius 3 is 1.17 bits per heavy atom. The summed E-state index contributed by atoms with van der Waals surface area (Å²) in [5.41, 5.74) is -5.51. The van der Waals surface area contributed by atoms with Gasteiger partial charge in [0, 0.05) is 12.8 Å². The molecule has 354 valence electrons. The van der Waals surface area contributed by atoms with E-state index in [1.807, 2.05) is 26.0 Å². The number of hydrogen-bond acceptors (Lipinski definition) is 8. The molecule has 0 aromatic heterocycles. The summed E-state index contributed by atoms with van der Waals surface area (Å²) in [5, 5.41) is 21.8. The fraction of sp³-hybridized carbons (Fsp3) is 0.630. The van der Waals surface area contributed by atoms with Gasteiger partial charge in [-0.1, -0.05) is 116 Å². The van der Waals surface area contributed by atoms with Gasteiger partial charge in [0.25, 0.3) is 11.2 Å². The Bertz CT molecular complexity index is 1620. The average molecular weight is 887 g/mol.